The molecule has 0 bridgehead atoms. The third-order valence-electron chi connectivity index (χ3n) is 4.24. The molecule has 0 aliphatic heterocycles. The largest absolute Gasteiger partial charge is 0.248 e. The molecule has 2 heteroatoms. The molecule has 0 radical (unpaired) electrons. The van der Waals surface area contributed by atoms with Gasteiger partial charge in [0.25, 0.3) is 0 Å². The Bertz CT molecular complexity index is 610. The van der Waals surface area contributed by atoms with Gasteiger partial charge in [0.15, 0.2) is 0 Å². The van der Waals surface area contributed by atoms with Crippen molar-refractivity contribution >= 4 is 17.1 Å². The van der Waals surface area contributed by atoms with Crippen LogP contribution in [0.2, 0.25) is 0 Å². The average Bonchev–Trinajstić information content (AvgIpc) is 2.44. The summed E-state index contributed by atoms with van der Waals surface area (Å²) in [6.07, 6.45) is 7.69. The van der Waals surface area contributed by atoms with Crippen LogP contribution in [0.4, 0.5) is 0 Å². The normalized spacial score (nSPS) is 16.8. The van der Waals surface area contributed by atoms with Crippen LogP contribution >= 0.6 is 0 Å². The highest BCUT2D eigenvalue weighted by molar-refractivity contribution is 5.76. The van der Waals surface area contributed by atoms with Gasteiger partial charge >= 0.3 is 0 Å². The van der Waals surface area contributed by atoms with E-state index in [9.17, 15) is 0 Å². The maximum Gasteiger partial charge on any atom is 0.0894 e. The van der Waals surface area contributed by atoms with Gasteiger partial charge in [-0.25, -0.2) is 9.97 Å². The van der Waals surface area contributed by atoms with Crippen molar-refractivity contribution in [1.29, 1.82) is 0 Å². The fourth-order valence-electron chi connectivity index (χ4n) is 2.89. The molecule has 0 spiro atoms. The first kappa shape index (κ1) is 11.4. The molecule has 2 nitrogen and oxygen atoms in total. The van der Waals surface area contributed by atoms with Crippen molar-refractivity contribution in [1.82, 2.24) is 9.97 Å². The van der Waals surface area contributed by atoms with E-state index in [1.807, 2.05) is 18.2 Å². The molecule has 0 atom stereocenters. The van der Waals surface area contributed by atoms with Gasteiger partial charge in [-0.1, -0.05) is 32.1 Å². The van der Waals surface area contributed by atoms with Gasteiger partial charge in [0.05, 0.1) is 22.4 Å². The Balaban J connectivity index is 2.29. The number of fused-ring (bicyclic) bond motifs is 2. The van der Waals surface area contributed by atoms with E-state index < -0.39 is 0 Å². The Morgan fingerprint density at radius 1 is 1.06 bits per heavy atom. The zero-order chi connectivity index (χ0) is 12.6. The highest BCUT2D eigenvalue weighted by Gasteiger charge is 2.33. The van der Waals surface area contributed by atoms with E-state index in [-0.39, 0.29) is 5.41 Å². The predicted molar refractivity (Wildman–Crippen MR) is 75.4 cm³/mol. The van der Waals surface area contributed by atoms with Crippen molar-refractivity contribution < 1.29 is 0 Å². The van der Waals surface area contributed by atoms with Crippen molar-refractivity contribution in [3.63, 3.8) is 0 Å². The second-order valence-electron chi connectivity index (χ2n) is 5.04. The number of para-hydroxylation sites is 2. The van der Waals surface area contributed by atoms with Crippen LogP contribution in [0.25, 0.3) is 17.1 Å². The first-order valence-electron chi connectivity index (χ1n) is 6.73. The molecule has 1 aliphatic rings. The minimum absolute atomic E-state index is 0.182. The summed E-state index contributed by atoms with van der Waals surface area (Å²) in [4.78, 5) is 9.65. The minimum atomic E-state index is 0.182. The number of rotatable bonds is 2. The molecule has 0 fully saturated rings. The Kier molecular flexibility index (Phi) is 2.66. The van der Waals surface area contributed by atoms with Gasteiger partial charge in [0.2, 0.25) is 0 Å². The topological polar surface area (TPSA) is 25.8 Å². The number of aromatic nitrogens is 2. The number of nitrogens with zero attached hydrogens (tertiary/aromatic N) is 2. The van der Waals surface area contributed by atoms with Crippen LogP contribution in [0.5, 0.6) is 0 Å². The molecule has 1 aromatic carbocycles. The van der Waals surface area contributed by atoms with Crippen LogP contribution in [0, 0.1) is 0 Å². The molecule has 92 valence electrons. The van der Waals surface area contributed by atoms with E-state index in [1.165, 1.54) is 5.69 Å². The molecule has 18 heavy (non-hydrogen) atoms. The maximum atomic E-state index is 4.90. The lowest BCUT2D eigenvalue weighted by Gasteiger charge is -2.33. The summed E-state index contributed by atoms with van der Waals surface area (Å²) in [5.41, 5.74) is 4.43. The molecule has 0 N–H and O–H groups in total. The lowest BCUT2D eigenvalue weighted by molar-refractivity contribution is 0.384. The van der Waals surface area contributed by atoms with Crippen LogP contribution in [0.3, 0.4) is 0 Å². The van der Waals surface area contributed by atoms with Gasteiger partial charge < -0.3 is 0 Å². The summed E-state index contributed by atoms with van der Waals surface area (Å²) in [7, 11) is 0. The zero-order valence-electron chi connectivity index (χ0n) is 11.0. The lowest BCUT2D eigenvalue weighted by Crippen LogP contribution is -2.28. The third-order valence-corrected chi connectivity index (χ3v) is 4.24. The van der Waals surface area contributed by atoms with Gasteiger partial charge in [-0.05, 0) is 37.5 Å². The molecule has 0 unspecified atom stereocenters. The molecular formula is C16H18N2. The highest BCUT2D eigenvalue weighted by atomic mass is 14.8. The number of allylic oxidation sites excluding steroid dienone is 1. The Morgan fingerprint density at radius 2 is 1.72 bits per heavy atom. The van der Waals surface area contributed by atoms with Crippen LogP contribution < -0.4 is 0 Å². The minimum Gasteiger partial charge on any atom is -0.248 e. The summed E-state index contributed by atoms with van der Waals surface area (Å²) < 4.78 is 0. The van der Waals surface area contributed by atoms with Gasteiger partial charge in [-0.2, -0.15) is 0 Å². The molecule has 0 saturated heterocycles. The number of benzene rings is 1. The van der Waals surface area contributed by atoms with Crippen LogP contribution in [0.15, 0.2) is 30.3 Å². The van der Waals surface area contributed by atoms with Crippen molar-refractivity contribution in [2.75, 3.05) is 0 Å². The molecule has 1 aromatic heterocycles. The van der Waals surface area contributed by atoms with E-state index in [0.717, 1.165) is 36.0 Å². The Labute approximate surface area is 108 Å². The standard InChI is InChI=1S/C16H18N2/c1-3-16(4-2)11-7-10-14-15(16)18-13-9-6-5-8-12(13)17-14/h5-10H,3-4,11H2,1-2H3. The predicted octanol–water partition coefficient (Wildman–Crippen LogP) is 4.10. The molecule has 1 aliphatic carbocycles. The van der Waals surface area contributed by atoms with Gasteiger partial charge in [0.1, 0.15) is 0 Å². The zero-order valence-corrected chi connectivity index (χ0v) is 11.0. The molecular weight excluding hydrogens is 220 g/mol. The van der Waals surface area contributed by atoms with Crippen molar-refractivity contribution in [3.05, 3.63) is 41.7 Å². The van der Waals surface area contributed by atoms with Crippen molar-refractivity contribution in [2.45, 2.75) is 38.5 Å². The Morgan fingerprint density at radius 3 is 2.39 bits per heavy atom. The fraction of sp³-hybridized carbons (Fsp3) is 0.375. The van der Waals surface area contributed by atoms with E-state index >= 15 is 0 Å². The summed E-state index contributed by atoms with van der Waals surface area (Å²) in [5.74, 6) is 0. The second kappa shape index (κ2) is 4.20. The fourth-order valence-corrected chi connectivity index (χ4v) is 2.89. The number of hydrogen-bond donors (Lipinski definition) is 0. The molecule has 0 amide bonds. The summed E-state index contributed by atoms with van der Waals surface area (Å²) >= 11 is 0. The molecule has 0 saturated carbocycles. The van der Waals surface area contributed by atoms with Gasteiger partial charge in [0, 0.05) is 5.41 Å². The van der Waals surface area contributed by atoms with E-state index in [1.54, 1.807) is 0 Å². The summed E-state index contributed by atoms with van der Waals surface area (Å²) in [6.45, 7) is 4.51. The third kappa shape index (κ3) is 1.56. The highest BCUT2D eigenvalue weighted by Crippen LogP contribution is 2.39. The SMILES string of the molecule is CCC1(CC)CC=Cc2nc3ccccc3nc21. The van der Waals surface area contributed by atoms with Gasteiger partial charge in [-0.15, -0.1) is 0 Å². The summed E-state index contributed by atoms with van der Waals surface area (Å²) in [6, 6.07) is 8.13. The van der Waals surface area contributed by atoms with E-state index in [0.29, 0.717) is 0 Å². The van der Waals surface area contributed by atoms with Crippen molar-refractivity contribution in [2.24, 2.45) is 0 Å². The smallest absolute Gasteiger partial charge is 0.0894 e. The quantitative estimate of drug-likeness (QED) is 0.787. The number of hydrogen-bond acceptors (Lipinski definition) is 2. The van der Waals surface area contributed by atoms with Crippen LogP contribution in [-0.2, 0) is 5.41 Å². The Hall–Kier alpha value is -1.70. The van der Waals surface area contributed by atoms with Crippen LogP contribution in [0.1, 0.15) is 44.5 Å². The van der Waals surface area contributed by atoms with E-state index in [4.69, 9.17) is 9.97 Å². The average molecular weight is 238 g/mol. The van der Waals surface area contributed by atoms with Crippen molar-refractivity contribution in [3.8, 4) is 0 Å². The molecule has 1 heterocycles. The monoisotopic (exact) mass is 238 g/mol. The first-order chi connectivity index (χ1) is 8.79. The van der Waals surface area contributed by atoms with E-state index in [2.05, 4.69) is 32.1 Å². The molecule has 2 aromatic rings. The molecule has 3 rings (SSSR count). The lowest BCUT2D eigenvalue weighted by atomic mass is 9.73. The maximum absolute atomic E-state index is 4.90. The second-order valence-corrected chi connectivity index (χ2v) is 5.04. The summed E-state index contributed by atoms with van der Waals surface area (Å²) in [5, 5.41) is 0. The van der Waals surface area contributed by atoms with Gasteiger partial charge in [-0.3, -0.25) is 0 Å². The first-order valence-corrected chi connectivity index (χ1v) is 6.73. The van der Waals surface area contributed by atoms with Crippen LogP contribution in [-0.4, -0.2) is 9.97 Å².